The highest BCUT2D eigenvalue weighted by molar-refractivity contribution is 7.12. The first kappa shape index (κ1) is 19.0. The molecule has 150 valence electrons. The number of carboxylic acids is 1. The average Bonchev–Trinajstić information content (AvgIpc) is 3.30. The van der Waals surface area contributed by atoms with Crippen LogP contribution in [0.2, 0.25) is 0 Å². The number of oxime groups is 1. The van der Waals surface area contributed by atoms with Crippen molar-refractivity contribution in [3.8, 4) is 5.13 Å². The van der Waals surface area contributed by atoms with Crippen LogP contribution >= 0.6 is 11.3 Å². The summed E-state index contributed by atoms with van der Waals surface area (Å²) in [6.45, 7) is 2.74. The van der Waals surface area contributed by atoms with Crippen LogP contribution in [0.5, 0.6) is 0 Å². The lowest BCUT2D eigenvalue weighted by atomic mass is 10.0. The number of carbonyl (C=O) groups is 1. The molecule has 3 N–H and O–H groups in total. The number of carboxylic acid groups (broad SMARTS) is 1. The fourth-order valence-electron chi connectivity index (χ4n) is 3.31. The largest absolute Gasteiger partial charge is 0.477 e. The van der Waals surface area contributed by atoms with Gasteiger partial charge in [0.1, 0.15) is 18.5 Å². The van der Waals surface area contributed by atoms with E-state index in [-0.39, 0.29) is 10.9 Å². The van der Waals surface area contributed by atoms with E-state index in [0.29, 0.717) is 35.4 Å². The highest BCUT2D eigenvalue weighted by Gasteiger charge is 2.38. The summed E-state index contributed by atoms with van der Waals surface area (Å²) in [4.78, 5) is 39.9. The molecule has 0 saturated carbocycles. The number of pyridine rings is 2. The van der Waals surface area contributed by atoms with Crippen molar-refractivity contribution in [2.75, 3.05) is 25.1 Å². The SMILES string of the molecule is CO/N=C1/CN(c2ccc3c(=O)c(C(=O)O)cn(-c4nccs4)c3n2)CC1(C)N. The fourth-order valence-corrected chi connectivity index (χ4v) is 3.93. The zero-order chi connectivity index (χ0) is 20.8. The van der Waals surface area contributed by atoms with Crippen LogP contribution < -0.4 is 16.1 Å². The van der Waals surface area contributed by atoms with E-state index in [1.165, 1.54) is 29.2 Å². The summed E-state index contributed by atoms with van der Waals surface area (Å²) < 4.78 is 1.52. The van der Waals surface area contributed by atoms with E-state index in [4.69, 9.17) is 10.6 Å². The van der Waals surface area contributed by atoms with Crippen LogP contribution in [0.25, 0.3) is 16.2 Å². The zero-order valence-corrected chi connectivity index (χ0v) is 16.5. The predicted octanol–water partition coefficient (Wildman–Crippen LogP) is 1.08. The van der Waals surface area contributed by atoms with E-state index in [0.717, 1.165) is 0 Å². The molecule has 1 unspecified atom stereocenters. The van der Waals surface area contributed by atoms with Crippen molar-refractivity contribution in [2.24, 2.45) is 10.9 Å². The Morgan fingerprint density at radius 1 is 1.45 bits per heavy atom. The van der Waals surface area contributed by atoms with Crippen molar-refractivity contribution in [3.05, 3.63) is 45.7 Å². The Morgan fingerprint density at radius 2 is 2.24 bits per heavy atom. The quantitative estimate of drug-likeness (QED) is 0.605. The number of fused-ring (bicyclic) bond motifs is 1. The van der Waals surface area contributed by atoms with Crippen molar-refractivity contribution < 1.29 is 14.7 Å². The van der Waals surface area contributed by atoms with E-state index in [9.17, 15) is 14.7 Å². The number of hydrogen-bond acceptors (Lipinski definition) is 9. The average molecular weight is 414 g/mol. The molecule has 0 bridgehead atoms. The first-order valence-corrected chi connectivity index (χ1v) is 9.53. The molecule has 1 aliphatic rings. The maximum Gasteiger partial charge on any atom is 0.341 e. The van der Waals surface area contributed by atoms with Gasteiger partial charge in [0, 0.05) is 24.3 Å². The summed E-state index contributed by atoms with van der Waals surface area (Å²) >= 11 is 1.31. The van der Waals surface area contributed by atoms with Crippen molar-refractivity contribution >= 4 is 39.9 Å². The third kappa shape index (κ3) is 3.23. The third-order valence-corrected chi connectivity index (χ3v) is 5.51. The Morgan fingerprint density at radius 3 is 2.90 bits per heavy atom. The Balaban J connectivity index is 1.89. The van der Waals surface area contributed by atoms with Gasteiger partial charge in [0.05, 0.1) is 23.2 Å². The summed E-state index contributed by atoms with van der Waals surface area (Å²) in [5.74, 6) is -0.714. The number of nitrogens with two attached hydrogens (primary N) is 1. The molecule has 0 aliphatic carbocycles. The van der Waals surface area contributed by atoms with Crippen LogP contribution in [0.1, 0.15) is 17.3 Å². The molecule has 29 heavy (non-hydrogen) atoms. The van der Waals surface area contributed by atoms with Gasteiger partial charge in [-0.15, -0.1) is 11.3 Å². The van der Waals surface area contributed by atoms with E-state index >= 15 is 0 Å². The van der Waals surface area contributed by atoms with Crippen molar-refractivity contribution in [1.82, 2.24) is 14.5 Å². The van der Waals surface area contributed by atoms with Gasteiger partial charge in [0.15, 0.2) is 10.8 Å². The third-order valence-electron chi connectivity index (χ3n) is 4.74. The summed E-state index contributed by atoms with van der Waals surface area (Å²) in [5.41, 5.74) is 5.71. The molecule has 11 heteroatoms. The second kappa shape index (κ2) is 6.94. The highest BCUT2D eigenvalue weighted by Crippen LogP contribution is 2.25. The van der Waals surface area contributed by atoms with Crippen LogP contribution in [-0.2, 0) is 4.84 Å². The van der Waals surface area contributed by atoms with Crippen molar-refractivity contribution in [1.29, 1.82) is 0 Å². The first-order valence-electron chi connectivity index (χ1n) is 8.66. The topological polar surface area (TPSA) is 136 Å². The minimum atomic E-state index is -1.30. The highest BCUT2D eigenvalue weighted by atomic mass is 32.1. The molecule has 0 amide bonds. The number of aromatic carboxylic acids is 1. The number of nitrogens with zero attached hydrogens (tertiary/aromatic N) is 5. The lowest BCUT2D eigenvalue weighted by Crippen LogP contribution is -2.45. The Labute approximate surface area is 168 Å². The van der Waals surface area contributed by atoms with Crippen molar-refractivity contribution in [3.63, 3.8) is 0 Å². The van der Waals surface area contributed by atoms with Gasteiger partial charge in [-0.25, -0.2) is 14.8 Å². The fraction of sp³-hybridized carbons (Fsp3) is 0.278. The second-order valence-electron chi connectivity index (χ2n) is 6.90. The Bertz CT molecular complexity index is 1190. The summed E-state index contributed by atoms with van der Waals surface area (Å²) in [6.07, 6.45) is 2.86. The molecule has 0 aromatic carbocycles. The minimum Gasteiger partial charge on any atom is -0.477 e. The number of rotatable bonds is 4. The summed E-state index contributed by atoms with van der Waals surface area (Å²) in [6, 6.07) is 3.25. The Hall–Kier alpha value is -3.31. The molecule has 1 aliphatic heterocycles. The van der Waals surface area contributed by atoms with Crippen LogP contribution in [0, 0.1) is 0 Å². The molecule has 0 spiro atoms. The van der Waals surface area contributed by atoms with Crippen LogP contribution in [-0.4, -0.2) is 57.1 Å². The second-order valence-corrected chi connectivity index (χ2v) is 7.77. The molecule has 3 aromatic heterocycles. The molecule has 1 fully saturated rings. The molecule has 1 saturated heterocycles. The van der Waals surface area contributed by atoms with Gasteiger partial charge in [-0.3, -0.25) is 9.36 Å². The minimum absolute atomic E-state index is 0.198. The molecule has 4 rings (SSSR count). The maximum atomic E-state index is 12.6. The van der Waals surface area contributed by atoms with E-state index < -0.39 is 16.9 Å². The molecular weight excluding hydrogens is 396 g/mol. The molecule has 4 heterocycles. The molecule has 10 nitrogen and oxygen atoms in total. The molecular formula is C18H18N6O4S. The maximum absolute atomic E-state index is 12.6. The first-order chi connectivity index (χ1) is 13.8. The lowest BCUT2D eigenvalue weighted by Gasteiger charge is -2.20. The standard InChI is InChI=1S/C18H18N6O4S/c1-18(19)9-23(8-12(18)22-28-2)13-4-3-10-14(25)11(16(26)27)7-24(15(10)21-13)17-20-5-6-29-17/h3-7H,8-9,19H2,1-2H3,(H,26,27)/b22-12-. The van der Waals surface area contributed by atoms with Gasteiger partial charge in [-0.1, -0.05) is 5.16 Å². The molecule has 1 atom stereocenters. The molecule has 0 radical (unpaired) electrons. The Kier molecular flexibility index (Phi) is 4.55. The van der Waals surface area contributed by atoms with Crippen LogP contribution in [0.3, 0.4) is 0 Å². The number of thiazole rings is 1. The zero-order valence-electron chi connectivity index (χ0n) is 15.7. The molecule has 3 aromatic rings. The number of hydrogen-bond donors (Lipinski definition) is 2. The van der Waals surface area contributed by atoms with Gasteiger partial charge in [-0.05, 0) is 19.1 Å². The predicted molar refractivity (Wildman–Crippen MR) is 109 cm³/mol. The van der Waals surface area contributed by atoms with Gasteiger partial charge >= 0.3 is 5.97 Å². The normalized spacial score (nSPS) is 20.5. The van der Waals surface area contributed by atoms with E-state index in [2.05, 4.69) is 15.1 Å². The van der Waals surface area contributed by atoms with Crippen LogP contribution in [0.4, 0.5) is 5.82 Å². The van der Waals surface area contributed by atoms with Gasteiger partial charge in [0.25, 0.3) is 0 Å². The summed E-state index contributed by atoms with van der Waals surface area (Å²) in [5, 5.41) is 15.9. The van der Waals surface area contributed by atoms with Gasteiger partial charge in [-0.2, -0.15) is 0 Å². The van der Waals surface area contributed by atoms with Crippen LogP contribution in [0.15, 0.2) is 39.9 Å². The smallest absolute Gasteiger partial charge is 0.341 e. The summed E-state index contributed by atoms with van der Waals surface area (Å²) in [7, 11) is 1.47. The van der Waals surface area contributed by atoms with E-state index in [1.807, 2.05) is 11.8 Å². The van der Waals surface area contributed by atoms with Crippen molar-refractivity contribution in [2.45, 2.75) is 12.5 Å². The lowest BCUT2D eigenvalue weighted by molar-refractivity contribution is 0.0695. The van der Waals surface area contributed by atoms with Gasteiger partial charge in [0.2, 0.25) is 5.43 Å². The number of aromatic nitrogens is 3. The number of anilines is 1. The monoisotopic (exact) mass is 414 g/mol. The van der Waals surface area contributed by atoms with E-state index in [1.54, 1.807) is 23.7 Å². The van der Waals surface area contributed by atoms with Gasteiger partial charge < -0.3 is 20.6 Å².